The number of ether oxygens (including phenoxy) is 2. The van der Waals surface area contributed by atoms with Crippen molar-refractivity contribution < 1.29 is 42.1 Å². The molecule has 4 rings (SSSR count). The molecule has 0 spiro atoms. The summed E-state index contributed by atoms with van der Waals surface area (Å²) in [6, 6.07) is 20.2. The average Bonchev–Trinajstić information content (AvgIpc) is 3.21. The van der Waals surface area contributed by atoms with Crippen LogP contribution in [0.3, 0.4) is 0 Å². The summed E-state index contributed by atoms with van der Waals surface area (Å²) in [5.41, 5.74) is 1.39. The molecule has 0 saturated heterocycles. The molecule has 4 aromatic carbocycles. The molecule has 0 aliphatic rings. The number of carbonyl (C=O) groups is 2. The van der Waals surface area contributed by atoms with Crippen molar-refractivity contribution in [3.8, 4) is 0 Å². The van der Waals surface area contributed by atoms with Gasteiger partial charge in [0.1, 0.15) is 19.8 Å². The Balaban J connectivity index is 1.09. The Morgan fingerprint density at radius 2 is 1.07 bits per heavy atom. The third-order valence-electron chi connectivity index (χ3n) is 11.5. The van der Waals surface area contributed by atoms with Crippen LogP contribution in [0, 0.1) is 0 Å². The third kappa shape index (κ3) is 19.3. The summed E-state index contributed by atoms with van der Waals surface area (Å²) in [5, 5.41) is 7.96. The maximum atomic E-state index is 12.8. The smallest absolute Gasteiger partial charge is 0.462 e. The molecule has 334 valence electrons. The van der Waals surface area contributed by atoms with E-state index in [2.05, 4.69) is 61.5 Å². The van der Waals surface area contributed by atoms with Gasteiger partial charge in [-0.1, -0.05) is 171 Å². The molecule has 0 heterocycles. The van der Waals surface area contributed by atoms with Gasteiger partial charge in [-0.15, -0.1) is 0 Å². The van der Waals surface area contributed by atoms with Crippen LogP contribution in [0.15, 0.2) is 54.6 Å². The van der Waals surface area contributed by atoms with Gasteiger partial charge in [0.2, 0.25) is 0 Å². The standard InChI is InChI=1S/C50H76NO8P/c1-5-6-7-8-9-10-11-12-13-14-17-20-23-29-47(52)56-39-46(40-58-60(54,55)57-36-35-51(2,3)4)59-48(53)30-24-21-18-15-16-19-22-26-41-37-44-33-31-42-27-25-28-43-32-34-45(38-41)50(44)49(42)43/h25,27-28,31-34,37-38,46H,5-24,26,29-30,35-36,39-40H2,1-4H3/p+1/t46-/m1/s1. The Bertz CT molecular complexity index is 1810. The summed E-state index contributed by atoms with van der Waals surface area (Å²) in [6.07, 6.45) is 23.7. The number of esters is 2. The topological polar surface area (TPSA) is 108 Å². The van der Waals surface area contributed by atoms with Gasteiger partial charge in [0.05, 0.1) is 27.7 Å². The molecule has 0 aromatic heterocycles. The number of phosphoric acid groups is 1. The first-order valence-corrected chi connectivity index (χ1v) is 24.9. The number of rotatable bonds is 34. The fraction of sp³-hybridized carbons (Fsp3) is 0.640. The van der Waals surface area contributed by atoms with E-state index >= 15 is 0 Å². The summed E-state index contributed by atoms with van der Waals surface area (Å²) in [4.78, 5) is 35.6. The van der Waals surface area contributed by atoms with E-state index in [1.165, 1.54) is 109 Å². The number of benzene rings is 4. The molecule has 0 aliphatic heterocycles. The zero-order valence-electron chi connectivity index (χ0n) is 37.6. The molecule has 4 aromatic rings. The molecule has 9 nitrogen and oxygen atoms in total. The second-order valence-corrected chi connectivity index (χ2v) is 19.5. The Kier molecular flexibility index (Phi) is 22.4. The highest BCUT2D eigenvalue weighted by atomic mass is 31.2. The van der Waals surface area contributed by atoms with Crippen molar-refractivity contribution in [1.29, 1.82) is 0 Å². The fourth-order valence-corrected chi connectivity index (χ4v) is 8.74. The highest BCUT2D eigenvalue weighted by Crippen LogP contribution is 2.43. The maximum Gasteiger partial charge on any atom is 0.472 e. The molecule has 0 radical (unpaired) electrons. The van der Waals surface area contributed by atoms with Crippen LogP contribution in [0.1, 0.15) is 154 Å². The van der Waals surface area contributed by atoms with Gasteiger partial charge in [0.15, 0.2) is 6.10 Å². The maximum absolute atomic E-state index is 12.8. The normalized spacial score (nSPS) is 13.6. The minimum absolute atomic E-state index is 0.0252. The van der Waals surface area contributed by atoms with Crippen LogP contribution in [0.2, 0.25) is 0 Å². The second-order valence-electron chi connectivity index (χ2n) is 18.0. The van der Waals surface area contributed by atoms with Gasteiger partial charge in [-0.3, -0.25) is 18.6 Å². The van der Waals surface area contributed by atoms with Crippen molar-refractivity contribution in [3.63, 3.8) is 0 Å². The zero-order chi connectivity index (χ0) is 43.1. The van der Waals surface area contributed by atoms with Crippen LogP contribution >= 0.6 is 7.82 Å². The summed E-state index contributed by atoms with van der Waals surface area (Å²) in [6.45, 7) is 2.13. The lowest BCUT2D eigenvalue weighted by molar-refractivity contribution is -0.870. The number of hydrogen-bond donors (Lipinski definition) is 1. The van der Waals surface area contributed by atoms with Gasteiger partial charge in [0, 0.05) is 12.8 Å². The van der Waals surface area contributed by atoms with Crippen molar-refractivity contribution in [2.45, 2.75) is 161 Å². The molecule has 1 unspecified atom stereocenters. The Hall–Kier alpha value is -3.07. The first-order chi connectivity index (χ1) is 28.9. The van der Waals surface area contributed by atoms with Crippen LogP contribution in [0.5, 0.6) is 0 Å². The molecule has 2 atom stereocenters. The Morgan fingerprint density at radius 1 is 0.600 bits per heavy atom. The number of likely N-dealkylation sites (N-methyl/N-ethyl adjacent to an activating group) is 1. The van der Waals surface area contributed by atoms with Crippen molar-refractivity contribution in [2.24, 2.45) is 0 Å². The van der Waals surface area contributed by atoms with E-state index < -0.39 is 26.5 Å². The minimum atomic E-state index is -4.39. The predicted molar refractivity (Wildman–Crippen MR) is 247 cm³/mol. The van der Waals surface area contributed by atoms with E-state index in [4.69, 9.17) is 18.5 Å². The lowest BCUT2D eigenvalue weighted by Gasteiger charge is -2.24. The SMILES string of the molecule is CCCCCCCCCCCCCCCC(=O)OC[C@H](COP(=O)(O)OCC[N+](C)(C)C)OC(=O)CCCCCCCCCc1cc2ccc3cccc4ccc(c1)c2c34. The number of quaternary nitrogens is 1. The van der Waals surface area contributed by atoms with Gasteiger partial charge in [-0.2, -0.15) is 0 Å². The van der Waals surface area contributed by atoms with Crippen LogP contribution in [0.4, 0.5) is 0 Å². The molecule has 1 N–H and O–H groups in total. The molecular formula is C50H77NO8P+. The van der Waals surface area contributed by atoms with Crippen molar-refractivity contribution in [2.75, 3.05) is 47.5 Å². The summed E-state index contributed by atoms with van der Waals surface area (Å²) in [5.74, 6) is -0.815. The fourth-order valence-electron chi connectivity index (χ4n) is 8.00. The summed E-state index contributed by atoms with van der Waals surface area (Å²) < 4.78 is 34.5. The predicted octanol–water partition coefficient (Wildman–Crippen LogP) is 13.0. The number of hydrogen-bond acceptors (Lipinski definition) is 7. The molecule has 60 heavy (non-hydrogen) atoms. The molecule has 0 saturated carbocycles. The molecule has 0 aliphatic carbocycles. The van der Waals surface area contributed by atoms with Crippen molar-refractivity contribution >= 4 is 52.1 Å². The van der Waals surface area contributed by atoms with Crippen LogP contribution < -0.4 is 0 Å². The zero-order valence-corrected chi connectivity index (χ0v) is 38.5. The van der Waals surface area contributed by atoms with Gasteiger partial charge in [-0.05, 0) is 63.6 Å². The van der Waals surface area contributed by atoms with Crippen LogP contribution in [-0.2, 0) is 39.1 Å². The third-order valence-corrected chi connectivity index (χ3v) is 12.5. The van der Waals surface area contributed by atoms with Gasteiger partial charge >= 0.3 is 19.8 Å². The summed E-state index contributed by atoms with van der Waals surface area (Å²) >= 11 is 0. The van der Waals surface area contributed by atoms with Crippen LogP contribution in [0.25, 0.3) is 32.3 Å². The van der Waals surface area contributed by atoms with Crippen molar-refractivity contribution in [1.82, 2.24) is 0 Å². The van der Waals surface area contributed by atoms with Gasteiger partial charge < -0.3 is 18.9 Å². The molecule has 10 heteroatoms. The quantitative estimate of drug-likeness (QED) is 0.0163. The number of phosphoric ester groups is 1. The molecule has 0 fully saturated rings. The monoisotopic (exact) mass is 851 g/mol. The second kappa shape index (κ2) is 27.1. The number of nitrogens with zero attached hydrogens (tertiary/aromatic N) is 1. The lowest BCUT2D eigenvalue weighted by atomic mass is 9.92. The Labute approximate surface area is 361 Å². The van der Waals surface area contributed by atoms with Gasteiger partial charge in [-0.25, -0.2) is 4.57 Å². The van der Waals surface area contributed by atoms with Crippen LogP contribution in [-0.4, -0.2) is 74.9 Å². The van der Waals surface area contributed by atoms with Gasteiger partial charge in [0.25, 0.3) is 0 Å². The average molecular weight is 851 g/mol. The highest BCUT2D eigenvalue weighted by molar-refractivity contribution is 7.47. The molecule has 0 bridgehead atoms. The van der Waals surface area contributed by atoms with E-state index in [-0.39, 0.29) is 32.0 Å². The first-order valence-electron chi connectivity index (χ1n) is 23.4. The van der Waals surface area contributed by atoms with E-state index in [1.807, 2.05) is 21.1 Å². The number of carbonyl (C=O) groups excluding carboxylic acids is 2. The van der Waals surface area contributed by atoms with E-state index in [1.54, 1.807) is 0 Å². The largest absolute Gasteiger partial charge is 0.472 e. The van der Waals surface area contributed by atoms with Crippen molar-refractivity contribution in [3.05, 3.63) is 60.2 Å². The van der Waals surface area contributed by atoms with E-state index in [0.29, 0.717) is 17.4 Å². The van der Waals surface area contributed by atoms with E-state index in [0.717, 1.165) is 57.8 Å². The number of aryl methyl sites for hydroxylation is 1. The molecular weight excluding hydrogens is 774 g/mol. The van der Waals surface area contributed by atoms with E-state index in [9.17, 15) is 19.0 Å². The first kappa shape index (κ1) is 49.6. The molecule has 0 amide bonds. The minimum Gasteiger partial charge on any atom is -0.462 e. The Morgan fingerprint density at radius 3 is 1.60 bits per heavy atom. The lowest BCUT2D eigenvalue weighted by Crippen LogP contribution is -2.37. The summed E-state index contributed by atoms with van der Waals surface area (Å²) in [7, 11) is 1.46. The number of unbranched alkanes of at least 4 members (excludes halogenated alkanes) is 18. The highest BCUT2D eigenvalue weighted by Gasteiger charge is 2.27.